The van der Waals surface area contributed by atoms with Crippen LogP contribution >= 0.6 is 0 Å². The molecule has 1 fully saturated rings. The number of hydrogen-bond acceptors (Lipinski definition) is 7. The third-order valence-corrected chi connectivity index (χ3v) is 7.53. The second-order valence-electron chi connectivity index (χ2n) is 10.2. The van der Waals surface area contributed by atoms with E-state index in [-0.39, 0.29) is 5.91 Å². The number of pyridine rings is 1. The normalized spacial score (nSPS) is 14.5. The maximum absolute atomic E-state index is 12.9. The number of rotatable bonds is 11. The molecule has 0 spiro atoms. The Morgan fingerprint density at radius 2 is 1.77 bits per heavy atom. The van der Waals surface area contributed by atoms with Crippen molar-refractivity contribution in [2.45, 2.75) is 46.1 Å². The fourth-order valence-corrected chi connectivity index (χ4v) is 5.06. The van der Waals surface area contributed by atoms with Crippen LogP contribution in [0.15, 0.2) is 61.2 Å². The maximum atomic E-state index is 12.9. The molecule has 4 aromatic rings. The lowest BCUT2D eigenvalue weighted by atomic mass is 9.99. The molecule has 4 heterocycles. The van der Waals surface area contributed by atoms with Crippen LogP contribution in [0.2, 0.25) is 0 Å². The number of unbranched alkanes of at least 4 members (excludes halogenated alkanes) is 1. The van der Waals surface area contributed by atoms with Crippen molar-refractivity contribution in [1.82, 2.24) is 29.4 Å². The van der Waals surface area contributed by atoms with Crippen LogP contribution in [-0.4, -0.2) is 68.0 Å². The van der Waals surface area contributed by atoms with Gasteiger partial charge >= 0.3 is 0 Å². The van der Waals surface area contributed by atoms with Crippen LogP contribution in [0.5, 0.6) is 0 Å². The molecule has 0 radical (unpaired) electrons. The molecule has 1 amide bonds. The molecule has 204 valence electrons. The molecule has 9 nitrogen and oxygen atoms in total. The molecular formula is C30H38N8O. The smallest absolute Gasteiger partial charge is 0.254 e. The summed E-state index contributed by atoms with van der Waals surface area (Å²) in [5.74, 6) is 2.09. The fraction of sp³-hybridized carbons (Fsp3) is 0.433. The van der Waals surface area contributed by atoms with Gasteiger partial charge in [0.2, 0.25) is 5.95 Å². The molecule has 1 N–H and O–H groups in total. The van der Waals surface area contributed by atoms with Gasteiger partial charge in [0, 0.05) is 50.7 Å². The summed E-state index contributed by atoms with van der Waals surface area (Å²) < 4.78 is 2.10. The Bertz CT molecular complexity index is 1350. The highest BCUT2D eigenvalue weighted by Crippen LogP contribution is 2.25. The number of anilines is 2. The number of carbonyl (C=O) groups is 1. The van der Waals surface area contributed by atoms with Gasteiger partial charge in [0.1, 0.15) is 0 Å². The lowest BCUT2D eigenvalue weighted by molar-refractivity contribution is 0.0746. The number of hydrogen-bond donors (Lipinski definition) is 1. The number of carbonyl (C=O) groups excluding carboxylic acids is 1. The van der Waals surface area contributed by atoms with Crippen molar-refractivity contribution in [2.24, 2.45) is 5.92 Å². The molecule has 9 heteroatoms. The van der Waals surface area contributed by atoms with Crippen LogP contribution in [0.1, 0.15) is 55.5 Å². The highest BCUT2D eigenvalue weighted by Gasteiger charge is 2.25. The number of amides is 1. The molecule has 1 aliphatic heterocycles. The summed E-state index contributed by atoms with van der Waals surface area (Å²) in [5, 5.41) is 3.63. The van der Waals surface area contributed by atoms with E-state index in [0.717, 1.165) is 29.9 Å². The van der Waals surface area contributed by atoms with E-state index >= 15 is 0 Å². The monoisotopic (exact) mass is 526 g/mol. The van der Waals surface area contributed by atoms with Crippen molar-refractivity contribution in [3.63, 3.8) is 0 Å². The average molecular weight is 527 g/mol. The molecule has 1 unspecified atom stereocenters. The Morgan fingerprint density at radius 3 is 2.49 bits per heavy atom. The summed E-state index contributed by atoms with van der Waals surface area (Å²) >= 11 is 0. The van der Waals surface area contributed by atoms with Crippen LogP contribution in [0.3, 0.4) is 0 Å². The van der Waals surface area contributed by atoms with Crippen LogP contribution in [-0.2, 0) is 6.54 Å². The van der Waals surface area contributed by atoms with E-state index in [1.165, 1.54) is 24.8 Å². The van der Waals surface area contributed by atoms with Crippen LogP contribution in [0.25, 0.3) is 11.2 Å². The molecule has 0 bridgehead atoms. The number of fused-ring (bicyclic) bond motifs is 1. The van der Waals surface area contributed by atoms with Gasteiger partial charge in [-0.15, -0.1) is 0 Å². The predicted octanol–water partition coefficient (Wildman–Crippen LogP) is 4.86. The van der Waals surface area contributed by atoms with Gasteiger partial charge in [0.05, 0.1) is 12.9 Å². The summed E-state index contributed by atoms with van der Waals surface area (Å²) in [5.41, 5.74) is 3.48. The zero-order valence-corrected chi connectivity index (χ0v) is 23.0. The van der Waals surface area contributed by atoms with E-state index < -0.39 is 0 Å². The number of benzene rings is 1. The van der Waals surface area contributed by atoms with Gasteiger partial charge in [-0.2, -0.15) is 9.97 Å². The summed E-state index contributed by atoms with van der Waals surface area (Å²) in [7, 11) is 0. The molecular weight excluding hydrogens is 488 g/mol. The third-order valence-electron chi connectivity index (χ3n) is 7.53. The van der Waals surface area contributed by atoms with Crippen molar-refractivity contribution in [1.29, 1.82) is 0 Å². The van der Waals surface area contributed by atoms with Crippen LogP contribution in [0.4, 0.5) is 11.8 Å². The first kappa shape index (κ1) is 26.6. The van der Waals surface area contributed by atoms with E-state index in [1.807, 2.05) is 17.3 Å². The van der Waals surface area contributed by atoms with Gasteiger partial charge < -0.3 is 19.7 Å². The molecule has 39 heavy (non-hydrogen) atoms. The Balaban J connectivity index is 1.38. The molecule has 1 aromatic carbocycles. The van der Waals surface area contributed by atoms with Gasteiger partial charge in [0.15, 0.2) is 17.0 Å². The Hall–Kier alpha value is -4.01. The molecule has 1 aliphatic rings. The fourth-order valence-electron chi connectivity index (χ4n) is 5.06. The zero-order valence-electron chi connectivity index (χ0n) is 23.0. The molecule has 1 saturated heterocycles. The minimum atomic E-state index is 0.0365. The zero-order chi connectivity index (χ0) is 27.0. The topological polar surface area (TPSA) is 92.1 Å². The molecule has 1 atom stereocenters. The average Bonchev–Trinajstić information content (AvgIpc) is 3.40. The molecule has 0 saturated carbocycles. The minimum absolute atomic E-state index is 0.0365. The standard InChI is InChI=1S/C30H38N8O/c1-3-5-9-23(4-2)20-32-27-26-28(38(22-33-26)21-24-10-7-6-8-11-24)35-30(34-27)37-18-16-36(17-19-37)29(39)25-12-14-31-15-13-25/h6-8,10-15,22-23H,3-5,9,16-21H2,1-2H3,(H,32,34,35). The second kappa shape index (κ2) is 12.7. The highest BCUT2D eigenvalue weighted by molar-refractivity contribution is 5.94. The van der Waals surface area contributed by atoms with E-state index in [4.69, 9.17) is 15.0 Å². The van der Waals surface area contributed by atoms with Crippen molar-refractivity contribution in [2.75, 3.05) is 42.9 Å². The number of nitrogens with zero attached hydrogens (tertiary/aromatic N) is 7. The van der Waals surface area contributed by atoms with Gasteiger partial charge in [-0.25, -0.2) is 4.98 Å². The first-order valence-corrected chi connectivity index (χ1v) is 14.1. The summed E-state index contributed by atoms with van der Waals surface area (Å²) in [6.45, 7) is 8.62. The Morgan fingerprint density at radius 1 is 1.00 bits per heavy atom. The molecule has 3 aromatic heterocycles. The molecule has 0 aliphatic carbocycles. The third kappa shape index (κ3) is 6.35. The number of imidazole rings is 1. The van der Waals surface area contributed by atoms with Gasteiger partial charge in [0.25, 0.3) is 5.91 Å². The first-order chi connectivity index (χ1) is 19.2. The van der Waals surface area contributed by atoms with Gasteiger partial charge in [-0.05, 0) is 30.0 Å². The minimum Gasteiger partial charge on any atom is -0.368 e. The van der Waals surface area contributed by atoms with Gasteiger partial charge in [-0.1, -0.05) is 63.4 Å². The van der Waals surface area contributed by atoms with Crippen LogP contribution < -0.4 is 10.2 Å². The largest absolute Gasteiger partial charge is 0.368 e. The Kier molecular flexibility index (Phi) is 8.65. The van der Waals surface area contributed by atoms with E-state index in [2.05, 4.69) is 57.9 Å². The number of piperazine rings is 1. The van der Waals surface area contributed by atoms with Crippen molar-refractivity contribution in [3.8, 4) is 0 Å². The second-order valence-corrected chi connectivity index (χ2v) is 10.2. The van der Waals surface area contributed by atoms with Crippen LogP contribution in [0, 0.1) is 5.92 Å². The maximum Gasteiger partial charge on any atom is 0.254 e. The summed E-state index contributed by atoms with van der Waals surface area (Å²) in [6.07, 6.45) is 9.95. The first-order valence-electron chi connectivity index (χ1n) is 14.1. The lowest BCUT2D eigenvalue weighted by Gasteiger charge is -2.35. The predicted molar refractivity (Wildman–Crippen MR) is 155 cm³/mol. The van der Waals surface area contributed by atoms with Crippen molar-refractivity contribution in [3.05, 3.63) is 72.3 Å². The van der Waals surface area contributed by atoms with E-state index in [1.54, 1.807) is 24.5 Å². The number of aromatic nitrogens is 5. The van der Waals surface area contributed by atoms with E-state index in [0.29, 0.717) is 50.2 Å². The van der Waals surface area contributed by atoms with Crippen molar-refractivity contribution < 1.29 is 4.79 Å². The van der Waals surface area contributed by atoms with Crippen molar-refractivity contribution >= 4 is 28.8 Å². The summed E-state index contributed by atoms with van der Waals surface area (Å²) in [6, 6.07) is 13.9. The Labute approximate surface area is 230 Å². The summed E-state index contributed by atoms with van der Waals surface area (Å²) in [4.78, 5) is 35.7. The quantitative estimate of drug-likeness (QED) is 0.298. The van der Waals surface area contributed by atoms with Gasteiger partial charge in [-0.3, -0.25) is 9.78 Å². The highest BCUT2D eigenvalue weighted by atomic mass is 16.2. The van der Waals surface area contributed by atoms with E-state index in [9.17, 15) is 4.79 Å². The molecule has 5 rings (SSSR count). The lowest BCUT2D eigenvalue weighted by Crippen LogP contribution is -2.49. The number of nitrogens with one attached hydrogen (secondary N) is 1. The SMILES string of the molecule is CCCCC(CC)CNc1nc(N2CCN(C(=O)c3ccncc3)CC2)nc2c1ncn2Cc1ccccc1.